The topological polar surface area (TPSA) is 47.6 Å². The van der Waals surface area contributed by atoms with Gasteiger partial charge in [0.25, 0.3) is 5.91 Å². The molecule has 1 amide bonds. The van der Waals surface area contributed by atoms with E-state index in [9.17, 15) is 13.6 Å². The largest absolute Gasteiger partial charge is 0.379 e. The molecule has 1 N–H and O–H groups in total. The average molecular weight is 347 g/mol. The number of carbonyl (C=O) groups is 1. The molecule has 25 heavy (non-hydrogen) atoms. The van der Waals surface area contributed by atoms with Crippen molar-refractivity contribution in [3.63, 3.8) is 0 Å². The molecule has 4 nitrogen and oxygen atoms in total. The Kier molecular flexibility index (Phi) is 5.73. The summed E-state index contributed by atoms with van der Waals surface area (Å²) in [5.74, 6) is -2.07. The van der Waals surface area contributed by atoms with Gasteiger partial charge in [0.15, 0.2) is 0 Å². The third-order valence-corrected chi connectivity index (χ3v) is 4.10. The lowest BCUT2D eigenvalue weighted by Gasteiger charge is -2.32. The lowest BCUT2D eigenvalue weighted by molar-refractivity contribution is -0.0736. The molecule has 1 fully saturated rings. The van der Waals surface area contributed by atoms with Gasteiger partial charge in [-0.1, -0.05) is 30.3 Å². The van der Waals surface area contributed by atoms with Gasteiger partial charge < -0.3 is 14.8 Å². The van der Waals surface area contributed by atoms with E-state index in [1.807, 2.05) is 30.3 Å². The number of ether oxygens (including phenoxy) is 2. The van der Waals surface area contributed by atoms with Gasteiger partial charge in [0.1, 0.15) is 17.7 Å². The second kappa shape index (κ2) is 8.18. The molecule has 0 aromatic heterocycles. The molecule has 2 aromatic rings. The molecule has 3 rings (SSSR count). The molecule has 0 radical (unpaired) electrons. The lowest BCUT2D eigenvalue weighted by Crippen LogP contribution is -2.50. The van der Waals surface area contributed by atoms with Crippen molar-refractivity contribution in [3.05, 3.63) is 71.3 Å². The Balaban J connectivity index is 1.64. The first-order chi connectivity index (χ1) is 12.1. The summed E-state index contributed by atoms with van der Waals surface area (Å²) in [6.07, 6.45) is 0.191. The van der Waals surface area contributed by atoms with Crippen LogP contribution < -0.4 is 5.32 Å². The van der Waals surface area contributed by atoms with Crippen molar-refractivity contribution in [1.82, 2.24) is 5.32 Å². The van der Waals surface area contributed by atoms with E-state index in [2.05, 4.69) is 5.32 Å². The molecule has 0 aliphatic carbocycles. The van der Waals surface area contributed by atoms with Crippen LogP contribution in [0.1, 0.15) is 22.3 Å². The molecule has 1 saturated heterocycles. The molecule has 1 aliphatic rings. The van der Waals surface area contributed by atoms with Gasteiger partial charge in [-0.05, 0) is 30.2 Å². The lowest BCUT2D eigenvalue weighted by atomic mass is 10.0. The van der Waals surface area contributed by atoms with E-state index >= 15 is 0 Å². The average Bonchev–Trinajstić information content (AvgIpc) is 2.64. The molecule has 0 saturated carbocycles. The standard InChI is InChI=1S/C19H19F2NO3/c20-14-6-7-16(21)15(10-14)19(23)22-17-8-9-24-12-18(17)25-11-13-4-2-1-3-5-13/h1-7,10,17-18H,8-9,11-12H2,(H,22,23)/t17-,18-/m1/s1. The molecule has 6 heteroatoms. The van der Waals surface area contributed by atoms with Crippen molar-refractivity contribution < 1.29 is 23.0 Å². The van der Waals surface area contributed by atoms with Crippen LogP contribution in [0.4, 0.5) is 8.78 Å². The quantitative estimate of drug-likeness (QED) is 0.904. The van der Waals surface area contributed by atoms with E-state index in [1.165, 1.54) is 0 Å². The molecule has 1 heterocycles. The SMILES string of the molecule is O=C(N[C@@H]1CCOC[C@H]1OCc1ccccc1)c1cc(F)ccc1F. The Morgan fingerprint density at radius 1 is 1.20 bits per heavy atom. The van der Waals surface area contributed by atoms with Gasteiger partial charge in [-0.25, -0.2) is 8.78 Å². The van der Waals surface area contributed by atoms with Gasteiger partial charge in [0, 0.05) is 6.61 Å². The predicted octanol–water partition coefficient (Wildman–Crippen LogP) is 3.07. The second-order valence-electron chi connectivity index (χ2n) is 5.90. The summed E-state index contributed by atoms with van der Waals surface area (Å²) >= 11 is 0. The smallest absolute Gasteiger partial charge is 0.254 e. The highest BCUT2D eigenvalue weighted by atomic mass is 19.1. The zero-order valence-corrected chi connectivity index (χ0v) is 13.6. The van der Waals surface area contributed by atoms with E-state index < -0.39 is 17.5 Å². The maximum absolute atomic E-state index is 13.8. The molecule has 132 valence electrons. The number of halogens is 2. The number of hydrogen-bond donors (Lipinski definition) is 1. The molecule has 2 atom stereocenters. The molecular formula is C19H19F2NO3. The minimum absolute atomic E-state index is 0.312. The van der Waals surface area contributed by atoms with Crippen LogP contribution in [0, 0.1) is 11.6 Å². The van der Waals surface area contributed by atoms with Gasteiger partial charge in [-0.3, -0.25) is 4.79 Å². The predicted molar refractivity (Wildman–Crippen MR) is 88.1 cm³/mol. The van der Waals surface area contributed by atoms with Crippen molar-refractivity contribution in [2.24, 2.45) is 0 Å². The highest BCUT2D eigenvalue weighted by Crippen LogP contribution is 2.16. The summed E-state index contributed by atoms with van der Waals surface area (Å²) in [5.41, 5.74) is 0.697. The minimum Gasteiger partial charge on any atom is -0.379 e. The third kappa shape index (κ3) is 4.61. The molecule has 1 aliphatic heterocycles. The van der Waals surface area contributed by atoms with E-state index in [0.717, 1.165) is 23.8 Å². The number of nitrogens with one attached hydrogen (secondary N) is 1. The van der Waals surface area contributed by atoms with E-state index in [4.69, 9.17) is 9.47 Å². The van der Waals surface area contributed by atoms with Crippen molar-refractivity contribution in [2.45, 2.75) is 25.2 Å². The Hall–Kier alpha value is -2.31. The highest BCUT2D eigenvalue weighted by molar-refractivity contribution is 5.94. The summed E-state index contributed by atoms with van der Waals surface area (Å²) in [7, 11) is 0. The van der Waals surface area contributed by atoms with Crippen LogP contribution in [-0.4, -0.2) is 31.3 Å². The molecule has 0 bridgehead atoms. The van der Waals surface area contributed by atoms with Crippen LogP contribution in [-0.2, 0) is 16.1 Å². The second-order valence-corrected chi connectivity index (χ2v) is 5.90. The van der Waals surface area contributed by atoms with Crippen molar-refractivity contribution in [3.8, 4) is 0 Å². The fraction of sp³-hybridized carbons (Fsp3) is 0.316. The Bertz CT molecular complexity index is 724. The van der Waals surface area contributed by atoms with E-state index in [1.54, 1.807) is 0 Å². The van der Waals surface area contributed by atoms with Gasteiger partial charge in [0.2, 0.25) is 0 Å². The van der Waals surface area contributed by atoms with E-state index in [-0.39, 0.29) is 17.7 Å². The summed E-state index contributed by atoms with van der Waals surface area (Å²) in [6, 6.07) is 12.1. The first-order valence-electron chi connectivity index (χ1n) is 8.12. The number of amides is 1. The molecule has 2 aromatic carbocycles. The number of hydrogen-bond acceptors (Lipinski definition) is 3. The summed E-state index contributed by atoms with van der Waals surface area (Å²) in [6.45, 7) is 1.20. The Morgan fingerprint density at radius 3 is 2.80 bits per heavy atom. The highest BCUT2D eigenvalue weighted by Gasteiger charge is 2.29. The minimum atomic E-state index is -0.757. The first-order valence-corrected chi connectivity index (χ1v) is 8.12. The Morgan fingerprint density at radius 2 is 2.00 bits per heavy atom. The number of rotatable bonds is 5. The van der Waals surface area contributed by atoms with Gasteiger partial charge >= 0.3 is 0 Å². The zero-order chi connectivity index (χ0) is 17.6. The maximum atomic E-state index is 13.8. The third-order valence-electron chi connectivity index (χ3n) is 4.10. The number of benzene rings is 2. The fourth-order valence-corrected chi connectivity index (χ4v) is 2.74. The zero-order valence-electron chi connectivity index (χ0n) is 13.6. The van der Waals surface area contributed by atoms with Crippen molar-refractivity contribution in [1.29, 1.82) is 0 Å². The Labute approximate surface area is 144 Å². The van der Waals surface area contributed by atoms with Crippen LogP contribution in [0.2, 0.25) is 0 Å². The van der Waals surface area contributed by atoms with Gasteiger partial charge in [-0.2, -0.15) is 0 Å². The van der Waals surface area contributed by atoms with Crippen molar-refractivity contribution >= 4 is 5.91 Å². The van der Waals surface area contributed by atoms with Crippen molar-refractivity contribution in [2.75, 3.05) is 13.2 Å². The van der Waals surface area contributed by atoms with Crippen LogP contribution in [0.25, 0.3) is 0 Å². The van der Waals surface area contributed by atoms with Gasteiger partial charge in [0.05, 0.1) is 24.8 Å². The molecule has 0 unspecified atom stereocenters. The monoisotopic (exact) mass is 347 g/mol. The fourth-order valence-electron chi connectivity index (χ4n) is 2.74. The van der Waals surface area contributed by atoms with E-state index in [0.29, 0.717) is 26.2 Å². The number of carbonyl (C=O) groups excluding carboxylic acids is 1. The van der Waals surface area contributed by atoms with Crippen LogP contribution in [0.3, 0.4) is 0 Å². The summed E-state index contributed by atoms with van der Waals surface area (Å²) < 4.78 is 38.3. The molecule has 0 spiro atoms. The normalized spacial score (nSPS) is 20.2. The van der Waals surface area contributed by atoms with Crippen LogP contribution >= 0.6 is 0 Å². The van der Waals surface area contributed by atoms with Gasteiger partial charge in [-0.15, -0.1) is 0 Å². The van der Waals surface area contributed by atoms with Crippen LogP contribution in [0.5, 0.6) is 0 Å². The van der Waals surface area contributed by atoms with Crippen LogP contribution in [0.15, 0.2) is 48.5 Å². The summed E-state index contributed by atoms with van der Waals surface area (Å²) in [5, 5.41) is 2.74. The summed E-state index contributed by atoms with van der Waals surface area (Å²) in [4.78, 5) is 12.3. The first kappa shape index (κ1) is 17.5. The maximum Gasteiger partial charge on any atom is 0.254 e. The molecular weight excluding hydrogens is 328 g/mol.